The van der Waals surface area contributed by atoms with Crippen molar-refractivity contribution < 1.29 is 18.3 Å². The number of likely N-dealkylation sites (tertiary alicyclic amines) is 1. The number of hydrogen-bond acceptors (Lipinski definition) is 3. The second kappa shape index (κ2) is 6.15. The highest BCUT2D eigenvalue weighted by molar-refractivity contribution is 5.68. The zero-order chi connectivity index (χ0) is 17.3. The zero-order valence-electron chi connectivity index (χ0n) is 13.5. The highest BCUT2D eigenvalue weighted by atomic mass is 19.3. The molecule has 0 bridgehead atoms. The molecular formula is C17H20F2N2O2. The predicted molar refractivity (Wildman–Crippen MR) is 81.3 cm³/mol. The Hall–Kier alpha value is -2.16. The summed E-state index contributed by atoms with van der Waals surface area (Å²) in [5.41, 5.74) is 0.167. The molecule has 0 aromatic heterocycles. The number of rotatable bonds is 1. The highest BCUT2D eigenvalue weighted by Crippen LogP contribution is 2.40. The van der Waals surface area contributed by atoms with Gasteiger partial charge in [-0.05, 0) is 38.5 Å². The van der Waals surface area contributed by atoms with E-state index < -0.39 is 30.0 Å². The standard InChI is InChI=1S/C17H20F2N2O2/c1-16(2,3)23-15(22)21-9-8-17(18,19)14(11-21)13-6-4-12(10-20)5-7-13/h4-7,14H,8-9,11H2,1-3H3. The molecule has 1 saturated heterocycles. The molecule has 0 N–H and O–H groups in total. The van der Waals surface area contributed by atoms with Crippen LogP contribution < -0.4 is 0 Å². The topological polar surface area (TPSA) is 53.3 Å². The normalized spacial score (nSPS) is 20.7. The van der Waals surface area contributed by atoms with Crippen LogP contribution in [0.25, 0.3) is 0 Å². The number of piperidine rings is 1. The minimum atomic E-state index is -2.90. The van der Waals surface area contributed by atoms with Gasteiger partial charge in [-0.25, -0.2) is 13.6 Å². The summed E-state index contributed by atoms with van der Waals surface area (Å²) in [5.74, 6) is -4.00. The summed E-state index contributed by atoms with van der Waals surface area (Å²) >= 11 is 0. The second-order valence-electron chi connectivity index (χ2n) is 6.72. The van der Waals surface area contributed by atoms with Crippen molar-refractivity contribution in [3.05, 3.63) is 35.4 Å². The SMILES string of the molecule is CC(C)(C)OC(=O)N1CCC(F)(F)C(c2ccc(C#N)cc2)C1. The van der Waals surface area contributed by atoms with E-state index in [1.807, 2.05) is 6.07 Å². The van der Waals surface area contributed by atoms with Crippen LogP contribution in [0.5, 0.6) is 0 Å². The molecule has 1 aliphatic rings. The molecule has 1 amide bonds. The predicted octanol–water partition coefficient (Wildman–Crippen LogP) is 3.92. The fourth-order valence-electron chi connectivity index (χ4n) is 2.53. The Balaban J connectivity index is 2.19. The van der Waals surface area contributed by atoms with Crippen molar-refractivity contribution in [2.75, 3.05) is 13.1 Å². The van der Waals surface area contributed by atoms with Crippen LogP contribution in [-0.2, 0) is 4.74 Å². The highest BCUT2D eigenvalue weighted by Gasteiger charge is 2.46. The Kier molecular flexibility index (Phi) is 4.60. The lowest BCUT2D eigenvalue weighted by atomic mass is 9.87. The van der Waals surface area contributed by atoms with Gasteiger partial charge in [-0.1, -0.05) is 12.1 Å². The third kappa shape index (κ3) is 4.19. The van der Waals surface area contributed by atoms with E-state index in [1.165, 1.54) is 29.2 Å². The first-order valence-corrected chi connectivity index (χ1v) is 7.48. The quantitative estimate of drug-likeness (QED) is 0.787. The number of nitrogens with zero attached hydrogens (tertiary/aromatic N) is 2. The Morgan fingerprint density at radius 1 is 1.35 bits per heavy atom. The van der Waals surface area contributed by atoms with Gasteiger partial charge in [-0.2, -0.15) is 5.26 Å². The minimum Gasteiger partial charge on any atom is -0.444 e. The van der Waals surface area contributed by atoms with E-state index in [4.69, 9.17) is 10.00 Å². The number of carbonyl (C=O) groups excluding carboxylic acids is 1. The van der Waals surface area contributed by atoms with Crippen LogP contribution in [0.1, 0.15) is 44.2 Å². The molecule has 6 heteroatoms. The lowest BCUT2D eigenvalue weighted by Gasteiger charge is -2.39. The molecule has 2 rings (SSSR count). The molecule has 1 aromatic rings. The molecule has 1 atom stereocenters. The van der Waals surface area contributed by atoms with Gasteiger partial charge >= 0.3 is 6.09 Å². The van der Waals surface area contributed by atoms with Gasteiger partial charge in [0.25, 0.3) is 5.92 Å². The van der Waals surface area contributed by atoms with Gasteiger partial charge in [0.05, 0.1) is 17.6 Å². The number of ether oxygens (including phenoxy) is 1. The molecule has 0 radical (unpaired) electrons. The van der Waals surface area contributed by atoms with Crippen molar-refractivity contribution in [2.24, 2.45) is 0 Å². The summed E-state index contributed by atoms with van der Waals surface area (Å²) in [6, 6.07) is 8.03. The van der Waals surface area contributed by atoms with Crippen molar-refractivity contribution in [3.63, 3.8) is 0 Å². The minimum absolute atomic E-state index is 0.0330. The lowest BCUT2D eigenvalue weighted by molar-refractivity contribution is -0.0770. The monoisotopic (exact) mass is 322 g/mol. The smallest absolute Gasteiger partial charge is 0.410 e. The molecule has 0 spiro atoms. The molecule has 0 aliphatic carbocycles. The first kappa shape index (κ1) is 17.2. The molecule has 1 unspecified atom stereocenters. The lowest BCUT2D eigenvalue weighted by Crippen LogP contribution is -2.49. The third-order valence-electron chi connectivity index (χ3n) is 3.72. The van der Waals surface area contributed by atoms with Gasteiger partial charge in [-0.3, -0.25) is 0 Å². The van der Waals surface area contributed by atoms with Crippen molar-refractivity contribution >= 4 is 6.09 Å². The Morgan fingerprint density at radius 2 is 1.96 bits per heavy atom. The maximum absolute atomic E-state index is 14.3. The zero-order valence-corrected chi connectivity index (χ0v) is 13.5. The molecule has 0 saturated carbocycles. The van der Waals surface area contributed by atoms with Crippen LogP contribution in [0.15, 0.2) is 24.3 Å². The number of nitriles is 1. The van der Waals surface area contributed by atoms with Gasteiger partial charge in [-0.15, -0.1) is 0 Å². The molecule has 1 heterocycles. The van der Waals surface area contributed by atoms with E-state index in [0.717, 1.165) is 0 Å². The van der Waals surface area contributed by atoms with Gasteiger partial charge in [0.15, 0.2) is 0 Å². The van der Waals surface area contributed by atoms with Crippen LogP contribution in [0.2, 0.25) is 0 Å². The van der Waals surface area contributed by atoms with Crippen molar-refractivity contribution in [1.82, 2.24) is 4.90 Å². The Labute approximate surface area is 134 Å². The largest absolute Gasteiger partial charge is 0.444 e. The van der Waals surface area contributed by atoms with E-state index in [9.17, 15) is 13.6 Å². The number of benzene rings is 1. The third-order valence-corrected chi connectivity index (χ3v) is 3.72. The fourth-order valence-corrected chi connectivity index (χ4v) is 2.53. The summed E-state index contributed by atoms with van der Waals surface area (Å²) in [7, 11) is 0. The van der Waals surface area contributed by atoms with Crippen LogP contribution in [0.4, 0.5) is 13.6 Å². The van der Waals surface area contributed by atoms with E-state index >= 15 is 0 Å². The maximum Gasteiger partial charge on any atom is 0.410 e. The van der Waals surface area contributed by atoms with Crippen LogP contribution in [-0.4, -0.2) is 35.6 Å². The number of amides is 1. The van der Waals surface area contributed by atoms with Crippen molar-refractivity contribution in [1.29, 1.82) is 5.26 Å². The number of carbonyl (C=O) groups is 1. The van der Waals surface area contributed by atoms with E-state index in [-0.39, 0.29) is 13.1 Å². The van der Waals surface area contributed by atoms with Crippen LogP contribution in [0, 0.1) is 11.3 Å². The second-order valence-corrected chi connectivity index (χ2v) is 6.72. The van der Waals surface area contributed by atoms with E-state index in [1.54, 1.807) is 20.8 Å². The van der Waals surface area contributed by atoms with E-state index in [2.05, 4.69) is 0 Å². The molecule has 124 valence electrons. The molecule has 1 aliphatic heterocycles. The number of halogens is 2. The first-order valence-electron chi connectivity index (χ1n) is 7.48. The summed E-state index contributed by atoms with van der Waals surface area (Å²) < 4.78 is 33.8. The molecule has 1 fully saturated rings. The summed E-state index contributed by atoms with van der Waals surface area (Å²) in [4.78, 5) is 13.4. The van der Waals surface area contributed by atoms with Gasteiger partial charge < -0.3 is 9.64 Å². The summed E-state index contributed by atoms with van der Waals surface area (Å²) in [6.07, 6.45) is -0.983. The molecule has 1 aromatic carbocycles. The summed E-state index contributed by atoms with van der Waals surface area (Å²) in [6.45, 7) is 5.08. The fraction of sp³-hybridized carbons (Fsp3) is 0.529. The first-order chi connectivity index (χ1) is 10.6. The van der Waals surface area contributed by atoms with Crippen LogP contribution in [0.3, 0.4) is 0 Å². The average molecular weight is 322 g/mol. The van der Waals surface area contributed by atoms with Gasteiger partial charge in [0.1, 0.15) is 5.60 Å². The molecule has 23 heavy (non-hydrogen) atoms. The number of alkyl halides is 2. The van der Waals surface area contributed by atoms with Gasteiger partial charge in [0.2, 0.25) is 0 Å². The number of hydrogen-bond donors (Lipinski definition) is 0. The van der Waals surface area contributed by atoms with Crippen molar-refractivity contribution in [3.8, 4) is 6.07 Å². The van der Waals surface area contributed by atoms with Crippen LogP contribution >= 0.6 is 0 Å². The average Bonchev–Trinajstić information content (AvgIpc) is 2.45. The molecule has 4 nitrogen and oxygen atoms in total. The Morgan fingerprint density at radius 3 is 2.48 bits per heavy atom. The van der Waals surface area contributed by atoms with Gasteiger partial charge in [0, 0.05) is 19.5 Å². The summed E-state index contributed by atoms with van der Waals surface area (Å²) in [5, 5.41) is 8.80. The van der Waals surface area contributed by atoms with E-state index in [0.29, 0.717) is 11.1 Å². The molecular weight excluding hydrogens is 302 g/mol. The Bertz CT molecular complexity index is 615. The van der Waals surface area contributed by atoms with Crippen molar-refractivity contribution in [2.45, 2.75) is 44.6 Å². The maximum atomic E-state index is 14.3.